The Morgan fingerprint density at radius 2 is 1.64 bits per heavy atom. The van der Waals surface area contributed by atoms with Crippen LogP contribution in [-0.2, 0) is 11.3 Å². The molecular weight excluding hydrogens is 356 g/mol. The van der Waals surface area contributed by atoms with Crippen LogP contribution in [0.2, 0.25) is 0 Å². The van der Waals surface area contributed by atoms with Crippen LogP contribution in [0.3, 0.4) is 0 Å². The van der Waals surface area contributed by atoms with E-state index in [0.29, 0.717) is 17.9 Å². The van der Waals surface area contributed by atoms with Gasteiger partial charge in [0, 0.05) is 39.3 Å². The van der Waals surface area contributed by atoms with Crippen molar-refractivity contribution >= 4 is 5.97 Å². The van der Waals surface area contributed by atoms with Crippen LogP contribution in [0, 0.1) is 0 Å². The highest BCUT2D eigenvalue weighted by Gasteiger charge is 2.19. The number of ether oxygens (including phenoxy) is 2. The van der Waals surface area contributed by atoms with Crippen molar-refractivity contribution in [1.82, 2.24) is 9.80 Å². The van der Waals surface area contributed by atoms with Gasteiger partial charge in [-0.3, -0.25) is 9.80 Å². The zero-order valence-electron chi connectivity index (χ0n) is 16.3. The highest BCUT2D eigenvalue weighted by atomic mass is 16.5. The van der Waals surface area contributed by atoms with Crippen molar-refractivity contribution in [3.8, 4) is 5.75 Å². The van der Waals surface area contributed by atoms with E-state index in [1.54, 1.807) is 24.3 Å². The van der Waals surface area contributed by atoms with Gasteiger partial charge in [0.1, 0.15) is 18.5 Å². The molecule has 1 fully saturated rings. The maximum atomic E-state index is 11.4. The molecule has 0 aromatic heterocycles. The number of carbonyl (C=O) groups excluding carboxylic acids is 1. The van der Waals surface area contributed by atoms with Crippen LogP contribution < -0.4 is 4.74 Å². The number of aliphatic hydroxyl groups is 1. The van der Waals surface area contributed by atoms with E-state index in [-0.39, 0.29) is 12.6 Å². The minimum absolute atomic E-state index is 0.224. The van der Waals surface area contributed by atoms with Gasteiger partial charge in [-0.15, -0.1) is 0 Å². The molecule has 2 aromatic carbocycles. The number of hydrogen-bond donors (Lipinski definition) is 1. The van der Waals surface area contributed by atoms with E-state index in [1.807, 2.05) is 6.07 Å². The maximum Gasteiger partial charge on any atom is 0.337 e. The molecule has 28 heavy (non-hydrogen) atoms. The van der Waals surface area contributed by atoms with E-state index >= 15 is 0 Å². The molecule has 1 heterocycles. The third kappa shape index (κ3) is 6.05. The van der Waals surface area contributed by atoms with Crippen molar-refractivity contribution in [2.45, 2.75) is 12.6 Å². The molecule has 1 saturated heterocycles. The van der Waals surface area contributed by atoms with E-state index < -0.39 is 6.10 Å². The summed E-state index contributed by atoms with van der Waals surface area (Å²) in [5.41, 5.74) is 1.81. The monoisotopic (exact) mass is 384 g/mol. The van der Waals surface area contributed by atoms with Gasteiger partial charge in [-0.05, 0) is 29.8 Å². The van der Waals surface area contributed by atoms with Gasteiger partial charge >= 0.3 is 5.97 Å². The van der Waals surface area contributed by atoms with Crippen molar-refractivity contribution in [1.29, 1.82) is 0 Å². The van der Waals surface area contributed by atoms with E-state index in [9.17, 15) is 9.90 Å². The Balaban J connectivity index is 1.36. The fourth-order valence-corrected chi connectivity index (χ4v) is 3.32. The number of nitrogens with zero attached hydrogens (tertiary/aromatic N) is 2. The fourth-order valence-electron chi connectivity index (χ4n) is 3.32. The lowest BCUT2D eigenvalue weighted by Gasteiger charge is -2.35. The molecule has 0 spiro atoms. The molecule has 6 heteroatoms. The number of benzene rings is 2. The van der Waals surface area contributed by atoms with Crippen LogP contribution in [0.25, 0.3) is 0 Å². The number of β-amino-alcohol motifs (C(OH)–C–C–N with tert-alkyl or cyclic N) is 1. The second-order valence-corrected chi connectivity index (χ2v) is 7.04. The molecule has 3 rings (SSSR count). The number of methoxy groups -OCH3 is 1. The van der Waals surface area contributed by atoms with Gasteiger partial charge in [0.05, 0.1) is 12.7 Å². The average Bonchev–Trinajstić information content (AvgIpc) is 2.74. The first kappa shape index (κ1) is 20.3. The molecule has 0 amide bonds. The number of esters is 1. The van der Waals surface area contributed by atoms with Crippen molar-refractivity contribution in [2.75, 3.05) is 46.4 Å². The first-order valence-electron chi connectivity index (χ1n) is 9.62. The minimum Gasteiger partial charge on any atom is -0.491 e. The third-order valence-electron chi connectivity index (χ3n) is 4.90. The summed E-state index contributed by atoms with van der Waals surface area (Å²) in [4.78, 5) is 16.1. The highest BCUT2D eigenvalue weighted by molar-refractivity contribution is 5.89. The van der Waals surface area contributed by atoms with E-state index in [4.69, 9.17) is 4.74 Å². The molecule has 0 radical (unpaired) electrons. The predicted molar refractivity (Wildman–Crippen MR) is 107 cm³/mol. The summed E-state index contributed by atoms with van der Waals surface area (Å²) < 4.78 is 10.3. The number of rotatable bonds is 8. The molecule has 1 aliphatic rings. The average molecular weight is 384 g/mol. The van der Waals surface area contributed by atoms with Crippen molar-refractivity contribution in [3.05, 3.63) is 65.7 Å². The third-order valence-corrected chi connectivity index (χ3v) is 4.90. The van der Waals surface area contributed by atoms with Crippen molar-refractivity contribution in [2.24, 2.45) is 0 Å². The first-order chi connectivity index (χ1) is 13.6. The van der Waals surface area contributed by atoms with Gasteiger partial charge in [0.25, 0.3) is 0 Å². The Labute approximate surface area is 166 Å². The normalized spacial score (nSPS) is 16.5. The Bertz CT molecular complexity index is 728. The van der Waals surface area contributed by atoms with Gasteiger partial charge in [0.2, 0.25) is 0 Å². The maximum absolute atomic E-state index is 11.4. The second-order valence-electron chi connectivity index (χ2n) is 7.04. The molecule has 6 nitrogen and oxygen atoms in total. The molecule has 150 valence electrons. The summed E-state index contributed by atoms with van der Waals surface area (Å²) in [6.07, 6.45) is -0.555. The lowest BCUT2D eigenvalue weighted by molar-refractivity contribution is 0.0446. The zero-order valence-corrected chi connectivity index (χ0v) is 16.3. The molecule has 0 bridgehead atoms. The van der Waals surface area contributed by atoms with E-state index in [2.05, 4.69) is 38.8 Å². The minimum atomic E-state index is -0.555. The highest BCUT2D eigenvalue weighted by Crippen LogP contribution is 2.14. The molecule has 1 aliphatic heterocycles. The summed E-state index contributed by atoms with van der Waals surface area (Å²) >= 11 is 0. The van der Waals surface area contributed by atoms with Gasteiger partial charge in [0.15, 0.2) is 0 Å². The Kier molecular flexibility index (Phi) is 7.42. The van der Waals surface area contributed by atoms with Crippen LogP contribution in [0.5, 0.6) is 5.75 Å². The molecule has 2 aromatic rings. The van der Waals surface area contributed by atoms with Crippen LogP contribution in [0.1, 0.15) is 15.9 Å². The lowest BCUT2D eigenvalue weighted by atomic mass is 10.2. The van der Waals surface area contributed by atoms with Gasteiger partial charge < -0.3 is 14.6 Å². The number of hydrogen-bond acceptors (Lipinski definition) is 6. The topological polar surface area (TPSA) is 62.2 Å². The van der Waals surface area contributed by atoms with Gasteiger partial charge in [-0.1, -0.05) is 30.3 Å². The number of carbonyl (C=O) groups is 1. The molecule has 1 atom stereocenters. The number of aliphatic hydroxyl groups excluding tert-OH is 1. The summed E-state index contributed by atoms with van der Waals surface area (Å²) in [5.74, 6) is 0.248. The van der Waals surface area contributed by atoms with Crippen LogP contribution in [-0.4, -0.2) is 73.4 Å². The Hall–Kier alpha value is -2.41. The molecular formula is C22H28N2O4. The first-order valence-corrected chi connectivity index (χ1v) is 9.62. The van der Waals surface area contributed by atoms with Crippen LogP contribution in [0.4, 0.5) is 0 Å². The van der Waals surface area contributed by atoms with E-state index in [0.717, 1.165) is 32.7 Å². The predicted octanol–water partition coefficient (Wildman–Crippen LogP) is 2.03. The van der Waals surface area contributed by atoms with Crippen LogP contribution in [0.15, 0.2) is 54.6 Å². The Morgan fingerprint density at radius 1 is 1.00 bits per heavy atom. The molecule has 0 saturated carbocycles. The summed E-state index contributed by atoms with van der Waals surface area (Å²) in [6.45, 7) is 5.67. The molecule has 0 aliphatic carbocycles. The smallest absolute Gasteiger partial charge is 0.337 e. The quantitative estimate of drug-likeness (QED) is 0.703. The second kappa shape index (κ2) is 10.2. The zero-order chi connectivity index (χ0) is 19.8. The largest absolute Gasteiger partial charge is 0.491 e. The van der Waals surface area contributed by atoms with Crippen molar-refractivity contribution < 1.29 is 19.4 Å². The summed E-state index contributed by atoms with van der Waals surface area (Å²) in [5, 5.41) is 10.3. The molecule has 1 N–H and O–H groups in total. The van der Waals surface area contributed by atoms with Gasteiger partial charge in [-0.2, -0.15) is 0 Å². The molecule has 0 unspecified atom stereocenters. The number of piperazine rings is 1. The lowest BCUT2D eigenvalue weighted by Crippen LogP contribution is -2.48. The summed E-state index contributed by atoms with van der Waals surface area (Å²) in [7, 11) is 1.35. The van der Waals surface area contributed by atoms with Gasteiger partial charge in [-0.25, -0.2) is 4.79 Å². The van der Waals surface area contributed by atoms with Crippen LogP contribution >= 0.6 is 0 Å². The van der Waals surface area contributed by atoms with E-state index in [1.165, 1.54) is 12.7 Å². The summed E-state index contributed by atoms with van der Waals surface area (Å²) in [6, 6.07) is 17.2. The van der Waals surface area contributed by atoms with Crippen molar-refractivity contribution in [3.63, 3.8) is 0 Å². The fraction of sp³-hybridized carbons (Fsp3) is 0.409. The standard InChI is InChI=1S/C22H28N2O4/c1-27-22(26)19-7-9-21(10-8-19)28-17-20(25)16-24-13-11-23(12-14-24)15-18-5-3-2-4-6-18/h2-10,20,25H,11-17H2,1H3/t20-/m1/s1. The Morgan fingerprint density at radius 3 is 2.29 bits per heavy atom. The SMILES string of the molecule is COC(=O)c1ccc(OC[C@H](O)CN2CCN(Cc3ccccc3)CC2)cc1.